The Bertz CT molecular complexity index is 3680. The van der Waals surface area contributed by atoms with Gasteiger partial charge in [-0.3, -0.25) is 38.5 Å². The first-order valence-corrected chi connectivity index (χ1v) is 27.6. The standard InChI is InChI=1S/C53H57BN5O17S2/c1-29(2)53(3,4)24-23-34(60)9-6-5-7-10-42(61)30-11-15-33(16-12-30)54(67)59(68)51(64)36-18-14-32(28-43(36)76-54)50(63)58-26-8-25-57-49(62)31-13-17-35(39(27-31)52(65)66)44-37-19-21-40(55)47(77(69,70)71)45(37)75-46-38(44)20-22-41(56)48(46)78(72,73)74/h11-22,27-29,55,67-68H,5-10,23-26,56H2,1-4H3,(H,57,62)(H,58,63)(H,65,66)(H,69,70,71)(H,72,73,74)/q-1. The lowest BCUT2D eigenvalue weighted by Gasteiger charge is -2.47. The number of fused-ring (bicyclic) bond motifs is 3. The molecule has 4 aromatic rings. The number of amides is 3. The fourth-order valence-corrected chi connectivity index (χ4v) is 10.4. The smallest absolute Gasteiger partial charge is 0.454 e. The van der Waals surface area contributed by atoms with Crippen molar-refractivity contribution in [3.63, 3.8) is 0 Å². The molecule has 10 N–H and O–H groups in total. The van der Waals surface area contributed by atoms with Gasteiger partial charge in [0.05, 0.1) is 27.9 Å². The summed E-state index contributed by atoms with van der Waals surface area (Å²) < 4.78 is 81.8. The number of Topliss-reactive ketones (excluding diaryl/α,β-unsaturated/α-hetero) is 2. The molecule has 0 radical (unpaired) electrons. The minimum absolute atomic E-state index is 0.00327. The van der Waals surface area contributed by atoms with Gasteiger partial charge < -0.3 is 45.8 Å². The molecule has 78 heavy (non-hydrogen) atoms. The predicted molar refractivity (Wildman–Crippen MR) is 284 cm³/mol. The number of unbranched alkanes of at least 4 members (excludes halogenated alkanes) is 2. The van der Waals surface area contributed by atoms with Crippen molar-refractivity contribution in [3.05, 3.63) is 118 Å². The van der Waals surface area contributed by atoms with Gasteiger partial charge in [-0.05, 0) is 97.2 Å². The van der Waals surface area contributed by atoms with Crippen LogP contribution in [-0.2, 0) is 25.0 Å². The van der Waals surface area contributed by atoms with E-state index in [4.69, 9.17) is 20.2 Å². The zero-order valence-corrected chi connectivity index (χ0v) is 44.4. The number of nitrogen functional groups attached to an aromatic ring is 1. The van der Waals surface area contributed by atoms with Gasteiger partial charge in [-0.1, -0.05) is 64.4 Å². The minimum Gasteiger partial charge on any atom is -0.670 e. The van der Waals surface area contributed by atoms with Gasteiger partial charge in [0.2, 0.25) is 5.91 Å². The van der Waals surface area contributed by atoms with Gasteiger partial charge in [-0.15, -0.1) is 5.46 Å². The zero-order chi connectivity index (χ0) is 57.2. The van der Waals surface area contributed by atoms with Crippen LogP contribution in [0, 0.1) is 16.7 Å². The molecule has 4 aromatic carbocycles. The van der Waals surface area contributed by atoms with E-state index in [0.29, 0.717) is 43.6 Å². The number of nitrogens with one attached hydrogen (secondary N) is 3. The average molecular weight is 1110 g/mol. The van der Waals surface area contributed by atoms with Gasteiger partial charge in [0.1, 0.15) is 5.78 Å². The summed E-state index contributed by atoms with van der Waals surface area (Å²) >= 11 is 0. The molecule has 0 saturated heterocycles. The third-order valence-electron chi connectivity index (χ3n) is 14.2. The highest BCUT2D eigenvalue weighted by atomic mass is 32.2. The van der Waals surface area contributed by atoms with E-state index in [1.165, 1.54) is 66.7 Å². The van der Waals surface area contributed by atoms with Crippen molar-refractivity contribution >= 4 is 84.3 Å². The highest BCUT2D eigenvalue weighted by Gasteiger charge is 2.44. The second-order valence-electron chi connectivity index (χ2n) is 20.0. The number of benzene rings is 5. The van der Waals surface area contributed by atoms with E-state index in [9.17, 15) is 70.0 Å². The molecule has 25 heteroatoms. The van der Waals surface area contributed by atoms with Crippen LogP contribution in [-0.4, -0.2) is 101 Å². The Balaban J connectivity index is 0.973. The molecule has 0 aromatic heterocycles. The van der Waals surface area contributed by atoms with E-state index in [1.54, 1.807) is 0 Å². The predicted octanol–water partition coefficient (Wildman–Crippen LogP) is 6.23. The largest absolute Gasteiger partial charge is 0.670 e. The van der Waals surface area contributed by atoms with Crippen LogP contribution in [0.1, 0.15) is 131 Å². The summed E-state index contributed by atoms with van der Waals surface area (Å²) in [5.74, 6) is -4.53. The molecule has 412 valence electrons. The van der Waals surface area contributed by atoms with Crippen LogP contribution >= 0.6 is 0 Å². The van der Waals surface area contributed by atoms with Crippen LogP contribution in [0.2, 0.25) is 0 Å². The van der Waals surface area contributed by atoms with Gasteiger partial charge in [-0.2, -0.15) is 16.8 Å². The molecule has 0 spiro atoms. The van der Waals surface area contributed by atoms with Gasteiger partial charge in [0, 0.05) is 65.6 Å². The summed E-state index contributed by atoms with van der Waals surface area (Å²) in [6.45, 7) is 4.92. The number of hydrogen-bond acceptors (Lipinski definition) is 16. The Labute approximate surface area is 447 Å². The molecule has 2 aliphatic heterocycles. The molecule has 22 nitrogen and oxygen atoms in total. The van der Waals surface area contributed by atoms with E-state index in [2.05, 4.69) is 38.3 Å². The first-order valence-electron chi connectivity index (χ1n) is 24.7. The number of nitrogens with two attached hydrogens (primary N) is 1. The van der Waals surface area contributed by atoms with Gasteiger partial charge in [-0.25, -0.2) is 4.79 Å². The monoisotopic (exact) mass is 1110 g/mol. The molecule has 7 rings (SSSR count). The quantitative estimate of drug-likeness (QED) is 0.00691. The highest BCUT2D eigenvalue weighted by molar-refractivity contribution is 7.86. The molecular formula is C53H57BN5O17S2-. The summed E-state index contributed by atoms with van der Waals surface area (Å²) in [4.78, 5) is 76.1. The third-order valence-corrected chi connectivity index (χ3v) is 16.0. The van der Waals surface area contributed by atoms with Crippen LogP contribution in [0.3, 0.4) is 0 Å². The fraction of sp³-hybridized carbons (Fsp3) is 0.302. The molecule has 3 aliphatic rings. The molecule has 0 fully saturated rings. The van der Waals surface area contributed by atoms with Crippen molar-refractivity contribution in [2.45, 2.75) is 88.9 Å². The molecule has 1 aliphatic carbocycles. The number of carbonyl (C=O) groups excluding carboxylic acids is 5. The lowest BCUT2D eigenvalue weighted by molar-refractivity contribution is -0.119. The lowest BCUT2D eigenvalue weighted by Crippen LogP contribution is -2.69. The SMILES string of the molecule is CC(C)C(C)(C)CCC(=O)CCCCCC(=O)c1ccc([B-]2(O)Oc3cc(C(=O)NCCCNC(=O)c4ccc(-c5c6ccc(=N)c(S(=O)(=O)O)c-6oc6c(S(=O)(=O)O)c(N)ccc56)c(C(=O)O)c4)ccc3C(=O)N2O)cc1. The van der Waals surface area contributed by atoms with E-state index in [-0.39, 0.29) is 97.9 Å². The van der Waals surface area contributed by atoms with Crippen LogP contribution in [0.25, 0.3) is 33.4 Å². The van der Waals surface area contributed by atoms with E-state index in [1.807, 2.05) is 0 Å². The molecule has 0 saturated carbocycles. The van der Waals surface area contributed by atoms with Gasteiger partial charge in [0.15, 0.2) is 26.9 Å². The maximum atomic E-state index is 13.4. The summed E-state index contributed by atoms with van der Waals surface area (Å²) in [6.07, 6.45) is 4.12. The number of hydrogen-bond donors (Lipinski definition) is 9. The number of rotatable bonds is 22. The normalized spacial score (nSPS) is 14.8. The van der Waals surface area contributed by atoms with Crippen LogP contribution < -0.4 is 31.8 Å². The number of nitrogens with zero attached hydrogens (tertiary/aromatic N) is 1. The molecule has 1 unspecified atom stereocenters. The second kappa shape index (κ2) is 22.6. The van der Waals surface area contributed by atoms with Crippen molar-refractivity contribution in [3.8, 4) is 28.2 Å². The summed E-state index contributed by atoms with van der Waals surface area (Å²) in [6, 6.07) is 17.1. The Morgan fingerprint density at radius 2 is 1.32 bits per heavy atom. The molecule has 3 amide bonds. The Morgan fingerprint density at radius 3 is 1.92 bits per heavy atom. The van der Waals surface area contributed by atoms with E-state index >= 15 is 0 Å². The number of carboxylic acids is 1. The first kappa shape index (κ1) is 57.9. The van der Waals surface area contributed by atoms with Crippen molar-refractivity contribution in [2.24, 2.45) is 11.3 Å². The van der Waals surface area contributed by atoms with Crippen LogP contribution in [0.5, 0.6) is 5.75 Å². The zero-order valence-electron chi connectivity index (χ0n) is 42.8. The average Bonchev–Trinajstić information content (AvgIpc) is 3.54. The number of anilines is 1. The lowest BCUT2D eigenvalue weighted by atomic mass is 9.62. The van der Waals surface area contributed by atoms with Crippen molar-refractivity contribution < 1.29 is 79.1 Å². The molecule has 2 heterocycles. The van der Waals surface area contributed by atoms with Crippen molar-refractivity contribution in [2.75, 3.05) is 18.8 Å². The minimum atomic E-state index is -5.26. The van der Waals surface area contributed by atoms with E-state index in [0.717, 1.165) is 24.6 Å². The van der Waals surface area contributed by atoms with Gasteiger partial charge in [0.25, 0.3) is 32.1 Å². The number of aromatic carboxylic acids is 1. The Hall–Kier alpha value is -7.81. The maximum Gasteiger partial charge on any atom is 0.454 e. The fourth-order valence-electron chi connectivity index (χ4n) is 8.95. The number of carboxylic acid groups (broad SMARTS) is 1. The number of hydroxylamine groups is 1. The topological polar surface area (TPSA) is 371 Å². The highest BCUT2D eigenvalue weighted by Crippen LogP contribution is 2.46. The summed E-state index contributed by atoms with van der Waals surface area (Å²) in [5, 5.41) is 45.3. The third kappa shape index (κ3) is 12.1. The van der Waals surface area contributed by atoms with E-state index < -0.39 is 88.4 Å². The summed E-state index contributed by atoms with van der Waals surface area (Å²) in [5.41, 5.74) is 3.44. The Kier molecular flexibility index (Phi) is 16.8. The molecule has 1 atom stereocenters. The number of ketones is 2. The van der Waals surface area contributed by atoms with Crippen LogP contribution in [0.15, 0.2) is 99.1 Å². The van der Waals surface area contributed by atoms with Crippen LogP contribution in [0.4, 0.5) is 5.69 Å². The Morgan fingerprint density at radius 1 is 0.744 bits per heavy atom. The maximum absolute atomic E-state index is 13.4. The second-order valence-corrected chi connectivity index (χ2v) is 22.7. The van der Waals surface area contributed by atoms with Crippen molar-refractivity contribution in [1.82, 2.24) is 15.6 Å². The van der Waals surface area contributed by atoms with Gasteiger partial charge >= 0.3 is 12.7 Å². The van der Waals surface area contributed by atoms with Crippen molar-refractivity contribution in [1.29, 1.82) is 5.41 Å². The molecular weight excluding hydrogens is 1050 g/mol. The number of carbonyl (C=O) groups is 6. The summed E-state index contributed by atoms with van der Waals surface area (Å²) in [7, 11) is -10.5. The first-order chi connectivity index (χ1) is 36.5. The molecule has 0 bridgehead atoms.